The second-order valence-electron chi connectivity index (χ2n) is 4.19. The second kappa shape index (κ2) is 5.32. The lowest BCUT2D eigenvalue weighted by Crippen LogP contribution is -2.40. The molecule has 2 rings (SSSR count). The second-order valence-corrected chi connectivity index (χ2v) is 4.98. The third kappa shape index (κ3) is 2.80. The van der Waals surface area contributed by atoms with Crippen molar-refractivity contribution in [3.05, 3.63) is 28.0 Å². The summed E-state index contributed by atoms with van der Waals surface area (Å²) in [6, 6.07) is 0.209. The van der Waals surface area contributed by atoms with Crippen LogP contribution in [0.3, 0.4) is 0 Å². The minimum atomic E-state index is -1.17. The first-order valence-corrected chi connectivity index (χ1v) is 6.18. The van der Waals surface area contributed by atoms with E-state index in [9.17, 15) is 14.7 Å². The van der Waals surface area contributed by atoms with Crippen LogP contribution in [0.25, 0.3) is 0 Å². The number of β-amino-alcohol motifs (C(OH)–C–C–N with tert-alkyl or cyclic N) is 1. The molecule has 0 aliphatic carbocycles. The molecule has 1 saturated heterocycles. The molecule has 2 atom stereocenters. The van der Waals surface area contributed by atoms with Gasteiger partial charge in [-0.25, -0.2) is 9.78 Å². The fraction of sp³-hybridized carbons (Fsp3) is 0.364. The Morgan fingerprint density at radius 1 is 1.42 bits per heavy atom. The van der Waals surface area contributed by atoms with E-state index in [0.29, 0.717) is 0 Å². The molecule has 1 aliphatic heterocycles. The lowest BCUT2D eigenvalue weighted by atomic mass is 10.2. The van der Waals surface area contributed by atoms with E-state index in [1.165, 1.54) is 12.3 Å². The molecule has 6 nitrogen and oxygen atoms in total. The Labute approximate surface area is 118 Å². The summed E-state index contributed by atoms with van der Waals surface area (Å²) in [5, 5.41) is 18.7. The molecule has 0 radical (unpaired) electrons. The number of aliphatic hydroxyl groups excluding tert-OH is 1. The number of aliphatic hydroxyl groups is 1. The third-order valence-corrected chi connectivity index (χ3v) is 3.39. The molecule has 1 fully saturated rings. The van der Waals surface area contributed by atoms with Crippen molar-refractivity contribution in [1.82, 2.24) is 9.88 Å². The van der Waals surface area contributed by atoms with Crippen molar-refractivity contribution in [3.63, 3.8) is 0 Å². The Morgan fingerprint density at radius 2 is 2.11 bits per heavy atom. The van der Waals surface area contributed by atoms with Gasteiger partial charge in [-0.2, -0.15) is 0 Å². The summed E-state index contributed by atoms with van der Waals surface area (Å²) in [4.78, 5) is 28.1. The van der Waals surface area contributed by atoms with E-state index in [4.69, 9.17) is 28.3 Å². The van der Waals surface area contributed by atoms with Crippen LogP contribution in [0, 0.1) is 0 Å². The monoisotopic (exact) mass is 304 g/mol. The van der Waals surface area contributed by atoms with E-state index in [1.54, 1.807) is 0 Å². The van der Waals surface area contributed by atoms with Crippen molar-refractivity contribution in [2.24, 2.45) is 0 Å². The van der Waals surface area contributed by atoms with E-state index >= 15 is 0 Å². The molecule has 8 heteroatoms. The van der Waals surface area contributed by atoms with Gasteiger partial charge in [0, 0.05) is 19.2 Å². The number of carbonyl (C=O) groups excluding carboxylic acids is 1. The molecule has 0 unspecified atom stereocenters. The number of rotatable bonds is 2. The minimum absolute atomic E-state index is 0.00247. The van der Waals surface area contributed by atoms with Crippen molar-refractivity contribution >= 4 is 35.1 Å². The summed E-state index contributed by atoms with van der Waals surface area (Å²) >= 11 is 11.5. The summed E-state index contributed by atoms with van der Waals surface area (Å²) in [6.45, 7) is -0.0495. The number of carboxylic acid groups (broad SMARTS) is 1. The fourth-order valence-electron chi connectivity index (χ4n) is 2.00. The maximum atomic E-state index is 12.3. The molecule has 1 aromatic rings. The average molecular weight is 305 g/mol. The standard InChI is InChI=1S/C11H10Cl2N2O4/c12-7-3-14-9(13)2-6(7)10(17)15-4-5(16)1-8(15)11(18)19/h2-3,5,8,16H,1,4H2,(H,18,19)/t5-,8-/m1/s1. The zero-order valence-corrected chi connectivity index (χ0v) is 11.1. The van der Waals surface area contributed by atoms with Crippen LogP contribution in [0.4, 0.5) is 0 Å². The van der Waals surface area contributed by atoms with Crippen LogP contribution in [-0.4, -0.2) is 50.7 Å². The van der Waals surface area contributed by atoms with Crippen molar-refractivity contribution in [2.75, 3.05) is 6.54 Å². The zero-order valence-electron chi connectivity index (χ0n) is 9.58. The number of pyridine rings is 1. The first-order chi connectivity index (χ1) is 8.90. The molecule has 0 bridgehead atoms. The zero-order chi connectivity index (χ0) is 14.2. The maximum Gasteiger partial charge on any atom is 0.326 e. The topological polar surface area (TPSA) is 90.7 Å². The fourth-order valence-corrected chi connectivity index (χ4v) is 2.35. The van der Waals surface area contributed by atoms with E-state index in [1.807, 2.05) is 0 Å². The quantitative estimate of drug-likeness (QED) is 0.797. The van der Waals surface area contributed by atoms with Gasteiger partial charge in [-0.1, -0.05) is 23.2 Å². The van der Waals surface area contributed by atoms with Gasteiger partial charge in [-0.3, -0.25) is 4.79 Å². The Bertz CT molecular complexity index is 537. The van der Waals surface area contributed by atoms with Crippen LogP contribution in [0.2, 0.25) is 10.2 Å². The smallest absolute Gasteiger partial charge is 0.326 e. The van der Waals surface area contributed by atoms with Crippen LogP contribution in [0.1, 0.15) is 16.8 Å². The highest BCUT2D eigenvalue weighted by Gasteiger charge is 2.39. The Morgan fingerprint density at radius 3 is 2.74 bits per heavy atom. The first kappa shape index (κ1) is 14.0. The van der Waals surface area contributed by atoms with Gasteiger partial charge < -0.3 is 15.1 Å². The van der Waals surface area contributed by atoms with Gasteiger partial charge in [-0.05, 0) is 6.07 Å². The lowest BCUT2D eigenvalue weighted by Gasteiger charge is -2.21. The van der Waals surface area contributed by atoms with Gasteiger partial charge in [-0.15, -0.1) is 0 Å². The Kier molecular flexibility index (Phi) is 3.93. The van der Waals surface area contributed by atoms with E-state index < -0.39 is 24.0 Å². The van der Waals surface area contributed by atoms with Gasteiger partial charge in [0.1, 0.15) is 11.2 Å². The van der Waals surface area contributed by atoms with Crippen LogP contribution >= 0.6 is 23.2 Å². The molecule has 2 heterocycles. The van der Waals surface area contributed by atoms with Crippen LogP contribution in [0.5, 0.6) is 0 Å². The molecular formula is C11H10Cl2N2O4. The van der Waals surface area contributed by atoms with Gasteiger partial charge in [0.25, 0.3) is 5.91 Å². The number of hydrogen-bond donors (Lipinski definition) is 2. The number of amides is 1. The SMILES string of the molecule is O=C(O)[C@H]1C[C@@H](O)CN1C(=O)c1cc(Cl)ncc1Cl. The molecule has 1 aliphatic rings. The maximum absolute atomic E-state index is 12.3. The lowest BCUT2D eigenvalue weighted by molar-refractivity contribution is -0.141. The number of aromatic nitrogens is 1. The van der Waals surface area contributed by atoms with E-state index in [0.717, 1.165) is 4.90 Å². The highest BCUT2D eigenvalue weighted by Crippen LogP contribution is 2.25. The van der Waals surface area contributed by atoms with Crippen LogP contribution < -0.4 is 0 Å². The summed E-state index contributed by atoms with van der Waals surface area (Å²) < 4.78 is 0. The number of likely N-dealkylation sites (tertiary alicyclic amines) is 1. The summed E-state index contributed by atoms with van der Waals surface area (Å²) in [6.07, 6.45) is 0.359. The highest BCUT2D eigenvalue weighted by atomic mass is 35.5. The highest BCUT2D eigenvalue weighted by molar-refractivity contribution is 6.35. The minimum Gasteiger partial charge on any atom is -0.480 e. The van der Waals surface area contributed by atoms with E-state index in [2.05, 4.69) is 4.98 Å². The van der Waals surface area contributed by atoms with Gasteiger partial charge in [0.2, 0.25) is 0 Å². The van der Waals surface area contributed by atoms with Gasteiger partial charge >= 0.3 is 5.97 Å². The first-order valence-electron chi connectivity index (χ1n) is 5.43. The summed E-state index contributed by atoms with van der Waals surface area (Å²) in [7, 11) is 0. The number of carboxylic acids is 1. The Hall–Kier alpha value is -1.37. The summed E-state index contributed by atoms with van der Waals surface area (Å²) in [5.41, 5.74) is 0.0713. The molecule has 0 aromatic carbocycles. The third-order valence-electron chi connectivity index (χ3n) is 2.88. The van der Waals surface area contributed by atoms with Crippen molar-refractivity contribution in [2.45, 2.75) is 18.6 Å². The van der Waals surface area contributed by atoms with Crippen molar-refractivity contribution in [1.29, 1.82) is 0 Å². The normalized spacial score (nSPS) is 22.6. The predicted octanol–water partition coefficient (Wildman–Crippen LogP) is 1.05. The van der Waals surface area contributed by atoms with Gasteiger partial charge in [0.15, 0.2) is 0 Å². The molecular weight excluding hydrogens is 295 g/mol. The molecule has 1 aromatic heterocycles. The number of carbonyl (C=O) groups is 2. The molecule has 0 spiro atoms. The van der Waals surface area contributed by atoms with Crippen LogP contribution in [0.15, 0.2) is 12.3 Å². The van der Waals surface area contributed by atoms with Crippen molar-refractivity contribution in [3.8, 4) is 0 Å². The van der Waals surface area contributed by atoms with E-state index in [-0.39, 0.29) is 28.7 Å². The molecule has 19 heavy (non-hydrogen) atoms. The average Bonchev–Trinajstić information content (AvgIpc) is 2.74. The van der Waals surface area contributed by atoms with Crippen LogP contribution in [-0.2, 0) is 4.79 Å². The largest absolute Gasteiger partial charge is 0.480 e. The number of nitrogens with zero attached hydrogens (tertiary/aromatic N) is 2. The molecule has 2 N–H and O–H groups in total. The summed E-state index contributed by atoms with van der Waals surface area (Å²) in [5.74, 6) is -1.75. The number of hydrogen-bond acceptors (Lipinski definition) is 4. The predicted molar refractivity (Wildman–Crippen MR) is 67.3 cm³/mol. The Balaban J connectivity index is 2.33. The molecule has 1 amide bonds. The number of halogens is 2. The van der Waals surface area contributed by atoms with Crippen molar-refractivity contribution < 1.29 is 19.8 Å². The molecule has 0 saturated carbocycles. The number of aliphatic carboxylic acids is 1. The molecule has 102 valence electrons. The van der Waals surface area contributed by atoms with Gasteiger partial charge in [0.05, 0.1) is 16.7 Å².